The van der Waals surface area contributed by atoms with E-state index < -0.39 is 16.7 Å². The minimum Gasteiger partial charge on any atom is -0.257 e. The molecule has 0 spiro atoms. The zero-order chi connectivity index (χ0) is 10.8. The van der Waals surface area contributed by atoms with E-state index in [1.54, 1.807) is 4.83 Å². The van der Waals surface area contributed by atoms with Gasteiger partial charge in [0.25, 0.3) is 10.0 Å². The Labute approximate surface area is 85.9 Å². The first-order valence-electron chi connectivity index (χ1n) is 3.58. The zero-order valence-electron chi connectivity index (χ0n) is 7.00. The second-order valence-corrected chi connectivity index (χ2v) is 4.63. The number of rotatable bonds is 3. The van der Waals surface area contributed by atoms with Crippen LogP contribution in [-0.2, 0) is 16.7 Å². The van der Waals surface area contributed by atoms with E-state index in [-0.39, 0.29) is 15.5 Å². The summed E-state index contributed by atoms with van der Waals surface area (Å²) in [4.78, 5) is 1.52. The predicted molar refractivity (Wildman–Crippen MR) is 50.8 cm³/mol. The number of nitrogens with one attached hydrogen (secondary N) is 1. The summed E-state index contributed by atoms with van der Waals surface area (Å²) in [5.41, 5.74) is 0.114. The van der Waals surface area contributed by atoms with Crippen LogP contribution in [0, 0.1) is 0 Å². The number of halogens is 2. The Morgan fingerprint density at radius 2 is 2.14 bits per heavy atom. The van der Waals surface area contributed by atoms with Crippen LogP contribution < -0.4 is 10.7 Å². The summed E-state index contributed by atoms with van der Waals surface area (Å²) in [7, 11) is -3.75. The largest absolute Gasteiger partial charge is 0.257 e. The van der Waals surface area contributed by atoms with Gasteiger partial charge in [-0.15, -0.1) is 0 Å². The van der Waals surface area contributed by atoms with Crippen LogP contribution in [0.15, 0.2) is 23.1 Å². The molecule has 0 fully saturated rings. The topological polar surface area (TPSA) is 72.2 Å². The van der Waals surface area contributed by atoms with Crippen molar-refractivity contribution in [2.24, 2.45) is 5.84 Å². The second kappa shape index (κ2) is 4.22. The number of benzene rings is 1. The Balaban J connectivity index is 3.26. The van der Waals surface area contributed by atoms with Gasteiger partial charge in [-0.2, -0.15) is 4.83 Å². The maximum atomic E-state index is 12.3. The fourth-order valence-corrected chi connectivity index (χ4v) is 1.74. The molecule has 7 heteroatoms. The predicted octanol–water partition coefficient (Wildman–Crippen LogP) is 0.962. The van der Waals surface area contributed by atoms with Crippen molar-refractivity contribution in [2.45, 2.75) is 11.6 Å². The van der Waals surface area contributed by atoms with E-state index in [0.29, 0.717) is 0 Å². The molecule has 0 unspecified atom stereocenters. The number of sulfonamides is 1. The molecule has 14 heavy (non-hydrogen) atoms. The molecule has 0 atom stereocenters. The van der Waals surface area contributed by atoms with Crippen LogP contribution in [0.4, 0.5) is 4.39 Å². The van der Waals surface area contributed by atoms with Crippen molar-refractivity contribution in [3.05, 3.63) is 28.8 Å². The van der Waals surface area contributed by atoms with Gasteiger partial charge >= 0.3 is 0 Å². The lowest BCUT2D eigenvalue weighted by Gasteiger charge is -2.04. The Morgan fingerprint density at radius 1 is 1.50 bits per heavy atom. The maximum absolute atomic E-state index is 12.3. The van der Waals surface area contributed by atoms with Crippen molar-refractivity contribution in [1.82, 2.24) is 4.83 Å². The van der Waals surface area contributed by atoms with E-state index in [4.69, 9.17) is 17.4 Å². The number of alkyl halides is 1. The molecule has 4 nitrogen and oxygen atoms in total. The Hall–Kier alpha value is -0.690. The average Bonchev–Trinajstić information content (AvgIpc) is 2.18. The lowest BCUT2D eigenvalue weighted by atomic mass is 10.2. The van der Waals surface area contributed by atoms with Gasteiger partial charge in [0.1, 0.15) is 6.67 Å². The minimum atomic E-state index is -3.75. The van der Waals surface area contributed by atoms with Crippen molar-refractivity contribution in [1.29, 1.82) is 0 Å². The SMILES string of the molecule is NNS(=O)(=O)c1ccc(Cl)c(CF)c1. The molecule has 0 amide bonds. The molecule has 0 aliphatic carbocycles. The number of hydrogen-bond acceptors (Lipinski definition) is 3. The normalized spacial score (nSPS) is 11.6. The Kier molecular flexibility index (Phi) is 3.43. The van der Waals surface area contributed by atoms with Crippen LogP contribution in [0.5, 0.6) is 0 Å². The van der Waals surface area contributed by atoms with Crippen LogP contribution in [0.25, 0.3) is 0 Å². The average molecular weight is 239 g/mol. The summed E-state index contributed by atoms with van der Waals surface area (Å²) in [6.45, 7) is -0.827. The van der Waals surface area contributed by atoms with E-state index in [9.17, 15) is 12.8 Å². The molecule has 1 rings (SSSR count). The van der Waals surface area contributed by atoms with Crippen LogP contribution >= 0.6 is 11.6 Å². The molecule has 78 valence electrons. The fraction of sp³-hybridized carbons (Fsp3) is 0.143. The van der Waals surface area contributed by atoms with Crippen LogP contribution in [0.1, 0.15) is 5.56 Å². The highest BCUT2D eigenvalue weighted by Crippen LogP contribution is 2.20. The highest BCUT2D eigenvalue weighted by Gasteiger charge is 2.13. The number of hydrogen-bond donors (Lipinski definition) is 2. The molecule has 0 bridgehead atoms. The van der Waals surface area contributed by atoms with Gasteiger partial charge < -0.3 is 0 Å². The van der Waals surface area contributed by atoms with E-state index in [0.717, 1.165) is 6.07 Å². The molecule has 0 radical (unpaired) electrons. The van der Waals surface area contributed by atoms with Gasteiger partial charge in [0, 0.05) is 10.6 Å². The first-order valence-corrected chi connectivity index (χ1v) is 5.44. The lowest BCUT2D eigenvalue weighted by Crippen LogP contribution is -2.30. The van der Waals surface area contributed by atoms with Crippen molar-refractivity contribution in [2.75, 3.05) is 0 Å². The van der Waals surface area contributed by atoms with Crippen LogP contribution in [0.2, 0.25) is 5.02 Å². The third-order valence-corrected chi connectivity index (χ3v) is 3.18. The highest BCUT2D eigenvalue weighted by atomic mass is 35.5. The van der Waals surface area contributed by atoms with Gasteiger partial charge in [-0.05, 0) is 18.2 Å². The third kappa shape index (κ3) is 2.21. The second-order valence-electron chi connectivity index (χ2n) is 2.51. The number of hydrazine groups is 1. The molecule has 0 aromatic heterocycles. The standard InChI is InChI=1S/C7H8ClFN2O2S/c8-7-2-1-6(3-5(7)4-9)14(12,13)11-10/h1-3,11H,4,10H2. The third-order valence-electron chi connectivity index (χ3n) is 1.63. The monoisotopic (exact) mass is 238 g/mol. The van der Waals surface area contributed by atoms with Gasteiger partial charge in [-0.3, -0.25) is 5.84 Å². The van der Waals surface area contributed by atoms with Gasteiger partial charge in [-0.1, -0.05) is 11.6 Å². The van der Waals surface area contributed by atoms with Crippen LogP contribution in [-0.4, -0.2) is 8.42 Å². The highest BCUT2D eigenvalue weighted by molar-refractivity contribution is 7.89. The van der Waals surface area contributed by atoms with Gasteiger partial charge in [0.15, 0.2) is 0 Å². The van der Waals surface area contributed by atoms with Crippen molar-refractivity contribution in [3.63, 3.8) is 0 Å². The first-order chi connectivity index (χ1) is 6.51. The minimum absolute atomic E-state index is 0.114. The first kappa shape index (κ1) is 11.4. The van der Waals surface area contributed by atoms with E-state index in [1.807, 2.05) is 0 Å². The van der Waals surface area contributed by atoms with E-state index >= 15 is 0 Å². The quantitative estimate of drug-likeness (QED) is 0.609. The van der Waals surface area contributed by atoms with Crippen molar-refractivity contribution in [3.8, 4) is 0 Å². The summed E-state index contributed by atoms with van der Waals surface area (Å²) in [5, 5.41) is 0.184. The van der Waals surface area contributed by atoms with Crippen molar-refractivity contribution >= 4 is 21.6 Å². The van der Waals surface area contributed by atoms with Gasteiger partial charge in [0.2, 0.25) is 0 Å². The summed E-state index contributed by atoms with van der Waals surface area (Å²) < 4.78 is 34.7. The van der Waals surface area contributed by atoms with Gasteiger partial charge in [-0.25, -0.2) is 12.8 Å². The molecule has 0 saturated carbocycles. The summed E-state index contributed by atoms with van der Waals surface area (Å²) in [6, 6.07) is 3.69. The lowest BCUT2D eigenvalue weighted by molar-refractivity contribution is 0.484. The molecule has 3 N–H and O–H groups in total. The van der Waals surface area contributed by atoms with E-state index in [2.05, 4.69) is 0 Å². The van der Waals surface area contributed by atoms with Crippen molar-refractivity contribution < 1.29 is 12.8 Å². The summed E-state index contributed by atoms with van der Waals surface area (Å²) in [5.74, 6) is 4.80. The summed E-state index contributed by atoms with van der Waals surface area (Å²) in [6.07, 6.45) is 0. The number of nitrogens with two attached hydrogens (primary N) is 1. The molecule has 0 heterocycles. The molecular formula is C7H8ClFN2O2S. The zero-order valence-corrected chi connectivity index (χ0v) is 8.57. The fourth-order valence-electron chi connectivity index (χ4n) is 0.889. The molecule has 1 aromatic rings. The Bertz CT molecular complexity index is 435. The molecule has 0 aliphatic heterocycles. The maximum Gasteiger partial charge on any atom is 0.253 e. The van der Waals surface area contributed by atoms with Gasteiger partial charge in [0.05, 0.1) is 4.90 Å². The molecule has 0 saturated heterocycles. The molecule has 1 aromatic carbocycles. The van der Waals surface area contributed by atoms with Crippen LogP contribution in [0.3, 0.4) is 0 Å². The molecular weight excluding hydrogens is 231 g/mol. The molecule has 0 aliphatic rings. The smallest absolute Gasteiger partial charge is 0.253 e. The summed E-state index contributed by atoms with van der Waals surface area (Å²) >= 11 is 5.60. The van der Waals surface area contributed by atoms with E-state index in [1.165, 1.54) is 12.1 Å². The Morgan fingerprint density at radius 3 is 2.64 bits per heavy atom.